The highest BCUT2D eigenvalue weighted by Gasteiger charge is 2.26. The first kappa shape index (κ1) is 16.0. The van der Waals surface area contributed by atoms with Gasteiger partial charge in [-0.25, -0.2) is 0 Å². The summed E-state index contributed by atoms with van der Waals surface area (Å²) in [5, 5.41) is 2.85. The third kappa shape index (κ3) is 3.37. The molecule has 0 aromatic heterocycles. The molecule has 126 valence electrons. The largest absolute Gasteiger partial charge is 0.493 e. The molecule has 6 heteroatoms. The maximum Gasteiger partial charge on any atom is 0.264 e. The van der Waals surface area contributed by atoms with E-state index in [1.54, 1.807) is 26.4 Å². The summed E-state index contributed by atoms with van der Waals surface area (Å²) in [7, 11) is 3.16. The van der Waals surface area contributed by atoms with Gasteiger partial charge in [0.25, 0.3) is 5.91 Å². The Bertz CT molecular complexity index is 731. The molecule has 1 aliphatic rings. The summed E-state index contributed by atoms with van der Waals surface area (Å²) in [6, 6.07) is 12.8. The summed E-state index contributed by atoms with van der Waals surface area (Å²) < 4.78 is 21.7. The predicted molar refractivity (Wildman–Crippen MR) is 87.7 cm³/mol. The van der Waals surface area contributed by atoms with Gasteiger partial charge in [-0.1, -0.05) is 18.2 Å². The Morgan fingerprint density at radius 2 is 1.88 bits per heavy atom. The van der Waals surface area contributed by atoms with E-state index in [-0.39, 0.29) is 12.5 Å². The molecule has 0 aliphatic carbocycles. The fraction of sp³-hybridized carbons (Fsp3) is 0.278. The van der Waals surface area contributed by atoms with Gasteiger partial charge in [0.15, 0.2) is 23.0 Å². The number of ether oxygens (including phenoxy) is 4. The average Bonchev–Trinajstić information content (AvgIpc) is 2.65. The van der Waals surface area contributed by atoms with Crippen molar-refractivity contribution < 1.29 is 23.7 Å². The Morgan fingerprint density at radius 3 is 2.62 bits per heavy atom. The summed E-state index contributed by atoms with van der Waals surface area (Å²) in [6.45, 7) is 0.551. The van der Waals surface area contributed by atoms with Gasteiger partial charge in [-0.15, -0.1) is 0 Å². The number of para-hydroxylation sites is 2. The van der Waals surface area contributed by atoms with Gasteiger partial charge in [0.1, 0.15) is 6.61 Å². The van der Waals surface area contributed by atoms with Gasteiger partial charge in [0.05, 0.1) is 14.2 Å². The molecule has 6 nitrogen and oxygen atoms in total. The molecule has 1 aliphatic heterocycles. The van der Waals surface area contributed by atoms with Crippen LogP contribution in [-0.2, 0) is 11.3 Å². The van der Waals surface area contributed by atoms with Gasteiger partial charge in [-0.2, -0.15) is 0 Å². The van der Waals surface area contributed by atoms with Crippen molar-refractivity contribution in [2.75, 3.05) is 20.8 Å². The highest BCUT2D eigenvalue weighted by Crippen LogP contribution is 2.31. The minimum absolute atomic E-state index is 0.189. The summed E-state index contributed by atoms with van der Waals surface area (Å²) in [5.41, 5.74) is 0.901. The van der Waals surface area contributed by atoms with Gasteiger partial charge in [0.2, 0.25) is 6.10 Å². The first-order valence-electron chi connectivity index (χ1n) is 7.58. The lowest BCUT2D eigenvalue weighted by molar-refractivity contribution is -0.130. The van der Waals surface area contributed by atoms with Crippen molar-refractivity contribution in [3.63, 3.8) is 0 Å². The van der Waals surface area contributed by atoms with Gasteiger partial charge < -0.3 is 24.3 Å². The van der Waals surface area contributed by atoms with E-state index in [1.807, 2.05) is 30.3 Å². The Kier molecular flexibility index (Phi) is 4.74. The number of hydrogen-bond donors (Lipinski definition) is 1. The fourth-order valence-corrected chi connectivity index (χ4v) is 2.44. The molecule has 0 spiro atoms. The van der Waals surface area contributed by atoms with Crippen LogP contribution >= 0.6 is 0 Å². The van der Waals surface area contributed by atoms with E-state index < -0.39 is 6.10 Å². The van der Waals surface area contributed by atoms with Crippen LogP contribution in [0.15, 0.2) is 42.5 Å². The van der Waals surface area contributed by atoms with Crippen molar-refractivity contribution in [2.24, 2.45) is 0 Å². The third-order valence-corrected chi connectivity index (χ3v) is 3.72. The maximum absolute atomic E-state index is 12.3. The van der Waals surface area contributed by atoms with Crippen molar-refractivity contribution in [1.29, 1.82) is 0 Å². The second-order valence-corrected chi connectivity index (χ2v) is 5.27. The number of fused-ring (bicyclic) bond motifs is 1. The van der Waals surface area contributed by atoms with E-state index in [0.717, 1.165) is 5.56 Å². The van der Waals surface area contributed by atoms with Crippen molar-refractivity contribution in [1.82, 2.24) is 5.32 Å². The van der Waals surface area contributed by atoms with Crippen LogP contribution in [0.5, 0.6) is 23.0 Å². The smallest absolute Gasteiger partial charge is 0.264 e. The molecule has 24 heavy (non-hydrogen) atoms. The molecule has 1 heterocycles. The third-order valence-electron chi connectivity index (χ3n) is 3.72. The molecule has 2 aromatic rings. The topological polar surface area (TPSA) is 66.0 Å². The van der Waals surface area contributed by atoms with E-state index in [4.69, 9.17) is 18.9 Å². The average molecular weight is 329 g/mol. The van der Waals surface area contributed by atoms with Crippen molar-refractivity contribution in [2.45, 2.75) is 12.6 Å². The first-order valence-corrected chi connectivity index (χ1v) is 7.58. The van der Waals surface area contributed by atoms with Crippen LogP contribution < -0.4 is 24.3 Å². The van der Waals surface area contributed by atoms with Crippen LogP contribution in [-0.4, -0.2) is 32.8 Å². The number of methoxy groups -OCH3 is 2. The van der Waals surface area contributed by atoms with Gasteiger partial charge in [-0.05, 0) is 29.8 Å². The zero-order valence-electron chi connectivity index (χ0n) is 13.6. The lowest BCUT2D eigenvalue weighted by atomic mass is 10.2. The molecule has 1 amide bonds. The van der Waals surface area contributed by atoms with Crippen molar-refractivity contribution in [3.8, 4) is 23.0 Å². The number of nitrogens with one attached hydrogen (secondary N) is 1. The molecule has 0 bridgehead atoms. The molecular formula is C18H19NO5. The predicted octanol–water partition coefficient (Wildman–Crippen LogP) is 2.16. The van der Waals surface area contributed by atoms with E-state index >= 15 is 0 Å². The van der Waals surface area contributed by atoms with Gasteiger partial charge in [-0.3, -0.25) is 4.79 Å². The molecule has 0 fully saturated rings. The Balaban J connectivity index is 1.60. The number of carbonyl (C=O) groups is 1. The lowest BCUT2D eigenvalue weighted by Gasteiger charge is -2.25. The number of carbonyl (C=O) groups excluding carboxylic acids is 1. The second kappa shape index (κ2) is 7.12. The highest BCUT2D eigenvalue weighted by atomic mass is 16.6. The van der Waals surface area contributed by atoms with Crippen LogP contribution in [0.2, 0.25) is 0 Å². The van der Waals surface area contributed by atoms with Gasteiger partial charge in [0, 0.05) is 6.54 Å². The maximum atomic E-state index is 12.3. The quantitative estimate of drug-likeness (QED) is 0.910. The Labute approximate surface area is 140 Å². The van der Waals surface area contributed by atoms with E-state index in [2.05, 4.69) is 5.32 Å². The van der Waals surface area contributed by atoms with E-state index in [9.17, 15) is 4.79 Å². The number of amides is 1. The van der Waals surface area contributed by atoms with Crippen molar-refractivity contribution >= 4 is 5.91 Å². The molecule has 2 aromatic carbocycles. The first-order chi connectivity index (χ1) is 11.7. The monoisotopic (exact) mass is 329 g/mol. The summed E-state index contributed by atoms with van der Waals surface area (Å²) >= 11 is 0. The van der Waals surface area contributed by atoms with E-state index in [1.165, 1.54) is 0 Å². The minimum Gasteiger partial charge on any atom is -0.493 e. The van der Waals surface area contributed by atoms with Crippen LogP contribution in [0.25, 0.3) is 0 Å². The van der Waals surface area contributed by atoms with E-state index in [0.29, 0.717) is 29.5 Å². The Morgan fingerprint density at radius 1 is 1.12 bits per heavy atom. The summed E-state index contributed by atoms with van der Waals surface area (Å²) in [4.78, 5) is 12.3. The molecule has 1 atom stereocenters. The molecule has 0 saturated heterocycles. The normalized spacial score (nSPS) is 15.5. The fourth-order valence-electron chi connectivity index (χ4n) is 2.44. The lowest BCUT2D eigenvalue weighted by Crippen LogP contribution is -2.43. The van der Waals surface area contributed by atoms with Gasteiger partial charge >= 0.3 is 0 Å². The molecule has 1 N–H and O–H groups in total. The van der Waals surface area contributed by atoms with Crippen LogP contribution in [0.4, 0.5) is 0 Å². The summed E-state index contributed by atoms with van der Waals surface area (Å²) in [5.74, 6) is 2.28. The van der Waals surface area contributed by atoms with Crippen LogP contribution in [0.1, 0.15) is 5.56 Å². The standard InChI is InChI=1S/C18H19NO5/c1-21-13-8-7-12(9-16(13)22-2)10-19-18(20)17-11-23-14-5-3-4-6-15(14)24-17/h3-9,17H,10-11H2,1-2H3,(H,19,20)/t17-/m0/s1. The Hall–Kier alpha value is -2.89. The van der Waals surface area contributed by atoms with Crippen LogP contribution in [0, 0.1) is 0 Å². The molecule has 0 radical (unpaired) electrons. The zero-order valence-corrected chi connectivity index (χ0v) is 13.6. The summed E-state index contributed by atoms with van der Waals surface area (Å²) in [6.07, 6.45) is -0.667. The second-order valence-electron chi connectivity index (χ2n) is 5.27. The molecular weight excluding hydrogens is 310 g/mol. The van der Waals surface area contributed by atoms with Crippen LogP contribution in [0.3, 0.4) is 0 Å². The highest BCUT2D eigenvalue weighted by molar-refractivity contribution is 5.81. The minimum atomic E-state index is -0.667. The molecule has 3 rings (SSSR count). The number of hydrogen-bond acceptors (Lipinski definition) is 5. The molecule has 0 unspecified atom stereocenters. The number of rotatable bonds is 5. The zero-order chi connectivity index (χ0) is 16.9. The SMILES string of the molecule is COc1ccc(CNC(=O)[C@@H]2COc3ccccc3O2)cc1OC. The molecule has 0 saturated carbocycles. The number of benzene rings is 2. The van der Waals surface area contributed by atoms with Crippen molar-refractivity contribution in [3.05, 3.63) is 48.0 Å².